The number of rotatable bonds is 10. The topological polar surface area (TPSA) is 111 Å². The van der Waals surface area contributed by atoms with Crippen LogP contribution in [0.25, 0.3) is 0 Å². The lowest BCUT2D eigenvalue weighted by Crippen LogP contribution is -2.41. The number of benzene rings is 3. The summed E-state index contributed by atoms with van der Waals surface area (Å²) in [6.07, 6.45) is -1.55. The van der Waals surface area contributed by atoms with Gasteiger partial charge in [0.25, 0.3) is 11.8 Å². The fourth-order valence-corrected chi connectivity index (χ4v) is 6.19. The summed E-state index contributed by atoms with van der Waals surface area (Å²) in [7, 11) is 0. The number of hydrogen-bond acceptors (Lipinski definition) is 6. The fraction of sp³-hybridized carbons (Fsp3) is 0.303. The van der Waals surface area contributed by atoms with E-state index in [2.05, 4.69) is 21.6 Å². The number of likely N-dealkylation sites (tertiary alicyclic amines) is 1. The van der Waals surface area contributed by atoms with Crippen LogP contribution in [0.3, 0.4) is 0 Å². The van der Waals surface area contributed by atoms with Crippen molar-refractivity contribution in [1.82, 2.24) is 20.7 Å². The van der Waals surface area contributed by atoms with Crippen molar-refractivity contribution in [3.63, 3.8) is 0 Å². The SMILES string of the molecule is O=C(O)CCNC(=O)c1ccc(CN2NC(c3cc(Cl)cc(Cl)c3)C=C2C2CCN(C(=O)c3ccc(OC(F)(F)F)cc3)CC2)cc1. The number of nitrogens with zero attached hydrogens (tertiary/aromatic N) is 2. The monoisotopic (exact) mass is 690 g/mol. The minimum absolute atomic E-state index is 0.0320. The number of hydrazine groups is 1. The first kappa shape index (κ1) is 34.1. The van der Waals surface area contributed by atoms with Crippen LogP contribution in [-0.4, -0.2) is 58.8 Å². The Bertz CT molecular complexity index is 1620. The highest BCUT2D eigenvalue weighted by atomic mass is 35.5. The first-order valence-corrected chi connectivity index (χ1v) is 15.6. The van der Waals surface area contributed by atoms with E-state index in [0.717, 1.165) is 29.0 Å². The summed E-state index contributed by atoms with van der Waals surface area (Å²) in [6.45, 7) is 1.40. The van der Waals surface area contributed by atoms with Crippen LogP contribution >= 0.6 is 23.2 Å². The van der Waals surface area contributed by atoms with Crippen LogP contribution in [0.5, 0.6) is 5.75 Å². The van der Waals surface area contributed by atoms with Crippen molar-refractivity contribution < 1.29 is 37.4 Å². The maximum atomic E-state index is 13.1. The standard InChI is InChI=1S/C33H31Cl2F3N4O5/c34-25-15-24(16-26(35)17-25)28-18-29(42(40-28)19-20-1-3-22(4-2-20)31(45)39-12-9-30(43)44)21-10-13-41(14-11-21)32(46)23-5-7-27(8-6-23)47-33(36,37)38/h1-8,15-18,21,28,40H,9-14,19H2,(H,39,45)(H,43,44). The molecular formula is C33H31Cl2F3N4O5. The molecule has 1 atom stereocenters. The van der Waals surface area contributed by atoms with Gasteiger partial charge in [0.2, 0.25) is 0 Å². The molecule has 2 heterocycles. The molecule has 5 rings (SSSR count). The molecule has 9 nitrogen and oxygen atoms in total. The predicted molar refractivity (Wildman–Crippen MR) is 169 cm³/mol. The van der Waals surface area contributed by atoms with Gasteiger partial charge in [0, 0.05) is 52.4 Å². The van der Waals surface area contributed by atoms with E-state index in [1.165, 1.54) is 12.1 Å². The van der Waals surface area contributed by atoms with Crippen LogP contribution < -0.4 is 15.5 Å². The maximum absolute atomic E-state index is 13.1. The summed E-state index contributed by atoms with van der Waals surface area (Å²) in [5.74, 6) is -1.92. The average molecular weight is 692 g/mol. The third-order valence-electron chi connectivity index (χ3n) is 7.90. The second-order valence-electron chi connectivity index (χ2n) is 11.2. The third-order valence-corrected chi connectivity index (χ3v) is 8.34. The van der Waals surface area contributed by atoms with Crippen molar-refractivity contribution in [1.29, 1.82) is 0 Å². The molecule has 0 aromatic heterocycles. The number of carbonyl (C=O) groups is 3. The largest absolute Gasteiger partial charge is 0.573 e. The number of allylic oxidation sites excluding steroid dienone is 1. The highest BCUT2D eigenvalue weighted by molar-refractivity contribution is 6.34. The summed E-state index contributed by atoms with van der Waals surface area (Å²) in [6, 6.07) is 17.1. The summed E-state index contributed by atoms with van der Waals surface area (Å²) < 4.78 is 41.4. The molecule has 2 aliphatic heterocycles. The van der Waals surface area contributed by atoms with Gasteiger partial charge in [0.15, 0.2) is 0 Å². The van der Waals surface area contributed by atoms with Crippen LogP contribution in [0.1, 0.15) is 57.1 Å². The van der Waals surface area contributed by atoms with E-state index in [-0.39, 0.29) is 42.3 Å². The lowest BCUT2D eigenvalue weighted by Gasteiger charge is -2.36. The second kappa shape index (κ2) is 14.7. The number of ether oxygens (including phenoxy) is 1. The zero-order valence-electron chi connectivity index (χ0n) is 24.9. The zero-order valence-corrected chi connectivity index (χ0v) is 26.4. The molecule has 0 aliphatic carbocycles. The quantitative estimate of drug-likeness (QED) is 0.220. The number of amides is 2. The van der Waals surface area contributed by atoms with E-state index in [4.69, 9.17) is 28.3 Å². The summed E-state index contributed by atoms with van der Waals surface area (Å²) in [5.41, 5.74) is 7.04. The van der Waals surface area contributed by atoms with Crippen molar-refractivity contribution in [3.05, 3.63) is 111 Å². The van der Waals surface area contributed by atoms with Gasteiger partial charge >= 0.3 is 12.3 Å². The smallest absolute Gasteiger partial charge is 0.481 e. The molecule has 0 radical (unpaired) electrons. The highest BCUT2D eigenvalue weighted by Crippen LogP contribution is 2.36. The van der Waals surface area contributed by atoms with E-state index < -0.39 is 18.1 Å². The van der Waals surface area contributed by atoms with Crippen LogP contribution in [0, 0.1) is 5.92 Å². The third kappa shape index (κ3) is 9.18. The molecule has 1 unspecified atom stereocenters. The zero-order chi connectivity index (χ0) is 33.7. The predicted octanol–water partition coefficient (Wildman–Crippen LogP) is 6.59. The van der Waals surface area contributed by atoms with Crippen molar-refractivity contribution >= 4 is 41.0 Å². The molecule has 3 aromatic carbocycles. The maximum Gasteiger partial charge on any atom is 0.573 e. The molecule has 14 heteroatoms. The van der Waals surface area contributed by atoms with Crippen molar-refractivity contribution in [2.45, 2.75) is 38.2 Å². The number of carboxylic acids is 1. The van der Waals surface area contributed by atoms with Gasteiger partial charge in [-0.3, -0.25) is 14.4 Å². The number of nitrogens with one attached hydrogen (secondary N) is 2. The highest BCUT2D eigenvalue weighted by Gasteiger charge is 2.34. The van der Waals surface area contributed by atoms with Gasteiger partial charge < -0.3 is 25.1 Å². The lowest BCUT2D eigenvalue weighted by atomic mass is 9.91. The van der Waals surface area contributed by atoms with E-state index in [9.17, 15) is 27.6 Å². The van der Waals surface area contributed by atoms with Crippen LogP contribution in [0.15, 0.2) is 78.5 Å². The van der Waals surface area contributed by atoms with Gasteiger partial charge in [-0.15, -0.1) is 13.2 Å². The Morgan fingerprint density at radius 3 is 2.15 bits per heavy atom. The molecule has 3 aromatic rings. The first-order valence-electron chi connectivity index (χ1n) is 14.8. The number of piperidine rings is 1. The molecule has 0 saturated carbocycles. The number of carbonyl (C=O) groups excluding carboxylic acids is 2. The Hall–Kier alpha value is -4.26. The minimum atomic E-state index is -4.81. The van der Waals surface area contributed by atoms with Gasteiger partial charge in [-0.1, -0.05) is 35.3 Å². The molecule has 0 bridgehead atoms. The fourth-order valence-electron chi connectivity index (χ4n) is 5.65. The Balaban J connectivity index is 1.27. The number of aliphatic carboxylic acids is 1. The van der Waals surface area contributed by atoms with Gasteiger partial charge in [-0.25, -0.2) is 5.43 Å². The van der Waals surface area contributed by atoms with Crippen molar-refractivity contribution in [3.8, 4) is 5.75 Å². The molecule has 3 N–H and O–H groups in total. The number of alkyl halides is 3. The van der Waals surface area contributed by atoms with E-state index in [1.807, 2.05) is 29.3 Å². The molecule has 1 fully saturated rings. The van der Waals surface area contributed by atoms with E-state index in [0.29, 0.717) is 48.1 Å². The van der Waals surface area contributed by atoms with Crippen LogP contribution in [-0.2, 0) is 11.3 Å². The summed E-state index contributed by atoms with van der Waals surface area (Å²) in [5, 5.41) is 14.4. The number of hydrogen-bond donors (Lipinski definition) is 3. The summed E-state index contributed by atoms with van der Waals surface area (Å²) in [4.78, 5) is 38.0. The van der Waals surface area contributed by atoms with E-state index >= 15 is 0 Å². The van der Waals surface area contributed by atoms with Crippen LogP contribution in [0.2, 0.25) is 10.0 Å². The molecule has 248 valence electrons. The Labute approximate surface area is 278 Å². The van der Waals surface area contributed by atoms with Crippen molar-refractivity contribution in [2.24, 2.45) is 5.92 Å². The molecule has 0 spiro atoms. The van der Waals surface area contributed by atoms with Crippen molar-refractivity contribution in [2.75, 3.05) is 19.6 Å². The summed E-state index contributed by atoms with van der Waals surface area (Å²) >= 11 is 12.6. The van der Waals surface area contributed by atoms with Gasteiger partial charge in [-0.05, 0) is 84.6 Å². The van der Waals surface area contributed by atoms with Gasteiger partial charge in [0.1, 0.15) is 5.75 Å². The lowest BCUT2D eigenvalue weighted by molar-refractivity contribution is -0.274. The Morgan fingerprint density at radius 1 is 0.936 bits per heavy atom. The second-order valence-corrected chi connectivity index (χ2v) is 12.1. The molecule has 1 saturated heterocycles. The Morgan fingerprint density at radius 2 is 1.55 bits per heavy atom. The van der Waals surface area contributed by atoms with Gasteiger partial charge in [0.05, 0.1) is 19.0 Å². The average Bonchev–Trinajstić information content (AvgIpc) is 3.44. The molecular weight excluding hydrogens is 660 g/mol. The number of carboxylic acid groups (broad SMARTS) is 1. The Kier molecular flexibility index (Phi) is 10.6. The van der Waals surface area contributed by atoms with E-state index in [1.54, 1.807) is 23.1 Å². The first-order chi connectivity index (χ1) is 22.3. The van der Waals surface area contributed by atoms with Gasteiger partial charge in [-0.2, -0.15) is 0 Å². The normalized spacial score (nSPS) is 17.0. The molecule has 2 amide bonds. The minimum Gasteiger partial charge on any atom is -0.481 e. The van der Waals surface area contributed by atoms with Crippen LogP contribution in [0.4, 0.5) is 13.2 Å². The number of halogens is 5. The molecule has 47 heavy (non-hydrogen) atoms. The molecule has 2 aliphatic rings.